The second-order valence-corrected chi connectivity index (χ2v) is 4.15. The first-order valence-corrected chi connectivity index (χ1v) is 7.02. The Bertz CT molecular complexity index is 397. The van der Waals surface area contributed by atoms with Crippen LogP contribution in [0.5, 0.6) is 0 Å². The van der Waals surface area contributed by atoms with E-state index in [1.165, 1.54) is 13.2 Å². The summed E-state index contributed by atoms with van der Waals surface area (Å²) in [6.45, 7) is 10.8. The molecule has 22 heavy (non-hydrogen) atoms. The summed E-state index contributed by atoms with van der Waals surface area (Å²) in [5.74, 6) is -0.677. The molecule has 0 aromatic heterocycles. The van der Waals surface area contributed by atoms with Gasteiger partial charge in [0, 0.05) is 11.6 Å². The summed E-state index contributed by atoms with van der Waals surface area (Å²) in [5, 5.41) is 0. The molecule has 0 aliphatic carbocycles. The van der Waals surface area contributed by atoms with Crippen LogP contribution in [-0.4, -0.2) is 25.7 Å². The Morgan fingerprint density at radius 3 is 1.77 bits per heavy atom. The number of ether oxygens (including phenoxy) is 2. The Hall–Kier alpha value is -2.36. The van der Waals surface area contributed by atoms with Gasteiger partial charge in [0.25, 0.3) is 0 Å². The van der Waals surface area contributed by atoms with Crippen LogP contribution in [0.25, 0.3) is 0 Å². The third-order valence-corrected chi connectivity index (χ3v) is 2.11. The summed E-state index contributed by atoms with van der Waals surface area (Å²) in [5.41, 5.74) is 0.433. The van der Waals surface area contributed by atoms with E-state index in [1.54, 1.807) is 6.92 Å². The van der Waals surface area contributed by atoms with E-state index >= 15 is 0 Å². The van der Waals surface area contributed by atoms with Crippen molar-refractivity contribution in [3.63, 3.8) is 0 Å². The van der Waals surface area contributed by atoms with Crippen molar-refractivity contribution in [3.05, 3.63) is 61.2 Å². The van der Waals surface area contributed by atoms with Gasteiger partial charge in [-0.1, -0.05) is 62.9 Å². The van der Waals surface area contributed by atoms with Crippen molar-refractivity contribution in [2.24, 2.45) is 0 Å². The van der Waals surface area contributed by atoms with E-state index in [0.29, 0.717) is 12.2 Å². The molecule has 0 aliphatic heterocycles. The Kier molecular flexibility index (Phi) is 16.6. The van der Waals surface area contributed by atoms with E-state index in [2.05, 4.69) is 22.6 Å². The molecule has 122 valence electrons. The minimum Gasteiger partial charge on any atom is -0.466 e. The minimum absolute atomic E-state index is 0.330. The number of methoxy groups -OCH3 is 1. The predicted molar refractivity (Wildman–Crippen MR) is 89.3 cm³/mol. The Morgan fingerprint density at radius 1 is 1.09 bits per heavy atom. The van der Waals surface area contributed by atoms with Crippen LogP contribution < -0.4 is 0 Å². The number of carbonyl (C=O) groups is 2. The number of hydrogen-bond acceptors (Lipinski definition) is 4. The van der Waals surface area contributed by atoms with Gasteiger partial charge in [-0.3, -0.25) is 0 Å². The van der Waals surface area contributed by atoms with Gasteiger partial charge < -0.3 is 9.47 Å². The molecular formula is C18H26O4. The lowest BCUT2D eigenvalue weighted by Crippen LogP contribution is -2.00. The zero-order chi connectivity index (χ0) is 17.2. The molecular weight excluding hydrogens is 280 g/mol. The average Bonchev–Trinajstić information content (AvgIpc) is 2.56. The number of unbranched alkanes of at least 4 members (excludes halogenated alkanes) is 1. The van der Waals surface area contributed by atoms with Crippen molar-refractivity contribution >= 4 is 11.9 Å². The lowest BCUT2D eigenvalue weighted by Gasteiger charge is -1.97. The molecule has 0 N–H and O–H groups in total. The number of carbonyl (C=O) groups excluding carboxylic acids is 2. The zero-order valence-electron chi connectivity index (χ0n) is 13.7. The number of esters is 2. The summed E-state index contributed by atoms with van der Waals surface area (Å²) in [7, 11) is 1.33. The lowest BCUT2D eigenvalue weighted by molar-refractivity contribution is -0.138. The number of rotatable bonds is 5. The molecule has 1 aromatic carbocycles. The second-order valence-electron chi connectivity index (χ2n) is 4.15. The standard InChI is InChI=1S/C7H12O2.C6H6.C5H8O2/c1-3-5-6-9-7(8)4-2;1-2-4-6-5-3-1;1-4(2)5(6)7-3/h4H,2-3,5-6H2,1H3;1-6H;1H2,2-3H3. The number of hydrogen-bond donors (Lipinski definition) is 0. The monoisotopic (exact) mass is 306 g/mol. The van der Waals surface area contributed by atoms with Crippen molar-refractivity contribution in [1.29, 1.82) is 0 Å². The highest BCUT2D eigenvalue weighted by atomic mass is 16.5. The van der Waals surface area contributed by atoms with E-state index in [4.69, 9.17) is 0 Å². The van der Waals surface area contributed by atoms with Crippen molar-refractivity contribution < 1.29 is 19.1 Å². The maximum absolute atomic E-state index is 10.3. The third kappa shape index (κ3) is 17.6. The van der Waals surface area contributed by atoms with E-state index in [9.17, 15) is 9.59 Å². The maximum Gasteiger partial charge on any atom is 0.332 e. The fourth-order valence-corrected chi connectivity index (χ4v) is 0.935. The van der Waals surface area contributed by atoms with Crippen molar-refractivity contribution in [3.8, 4) is 0 Å². The molecule has 0 fully saturated rings. The van der Waals surface area contributed by atoms with Crippen LogP contribution in [-0.2, 0) is 19.1 Å². The van der Waals surface area contributed by atoms with E-state index < -0.39 is 0 Å². The van der Waals surface area contributed by atoms with Crippen LogP contribution >= 0.6 is 0 Å². The molecule has 0 bridgehead atoms. The van der Waals surface area contributed by atoms with Gasteiger partial charge >= 0.3 is 11.9 Å². The van der Waals surface area contributed by atoms with Crippen molar-refractivity contribution in [2.75, 3.05) is 13.7 Å². The molecule has 0 spiro atoms. The Morgan fingerprint density at radius 2 is 1.55 bits per heavy atom. The van der Waals surface area contributed by atoms with E-state index in [0.717, 1.165) is 12.8 Å². The second kappa shape index (κ2) is 16.7. The molecule has 0 amide bonds. The van der Waals surface area contributed by atoms with Gasteiger partial charge in [0.15, 0.2) is 0 Å². The normalized spacial score (nSPS) is 8.14. The van der Waals surface area contributed by atoms with Crippen LogP contribution in [0, 0.1) is 0 Å². The first-order valence-electron chi connectivity index (χ1n) is 7.02. The van der Waals surface area contributed by atoms with Crippen LogP contribution in [0.3, 0.4) is 0 Å². The molecule has 1 rings (SSSR count). The minimum atomic E-state index is -0.347. The SMILES string of the molecule is C=C(C)C(=O)OC.C=CC(=O)OCCCC.c1ccccc1. The summed E-state index contributed by atoms with van der Waals surface area (Å²) < 4.78 is 8.95. The van der Waals surface area contributed by atoms with Gasteiger partial charge in [0.1, 0.15) is 0 Å². The van der Waals surface area contributed by atoms with Gasteiger partial charge in [0.2, 0.25) is 0 Å². The van der Waals surface area contributed by atoms with E-state index in [1.807, 2.05) is 43.3 Å². The van der Waals surface area contributed by atoms with Gasteiger partial charge in [-0.15, -0.1) is 0 Å². The maximum atomic E-state index is 10.3. The molecule has 0 aliphatic rings. The van der Waals surface area contributed by atoms with Crippen LogP contribution in [0.15, 0.2) is 61.2 Å². The fraction of sp³-hybridized carbons (Fsp3) is 0.333. The third-order valence-electron chi connectivity index (χ3n) is 2.11. The highest BCUT2D eigenvalue weighted by Crippen LogP contribution is 1.88. The summed E-state index contributed by atoms with van der Waals surface area (Å²) in [4.78, 5) is 20.5. The highest BCUT2D eigenvalue weighted by Gasteiger charge is 1.95. The lowest BCUT2D eigenvalue weighted by atomic mass is 10.4. The molecule has 0 saturated carbocycles. The molecule has 4 nitrogen and oxygen atoms in total. The zero-order valence-corrected chi connectivity index (χ0v) is 13.7. The van der Waals surface area contributed by atoms with Crippen molar-refractivity contribution in [1.82, 2.24) is 0 Å². The first-order chi connectivity index (χ1) is 10.5. The Balaban J connectivity index is 0. The van der Waals surface area contributed by atoms with Gasteiger partial charge in [-0.05, 0) is 13.3 Å². The molecule has 1 aromatic rings. The van der Waals surface area contributed by atoms with Gasteiger partial charge in [0.05, 0.1) is 13.7 Å². The first kappa shape index (κ1) is 21.9. The highest BCUT2D eigenvalue weighted by molar-refractivity contribution is 5.86. The molecule has 0 saturated heterocycles. The van der Waals surface area contributed by atoms with Gasteiger partial charge in [-0.25, -0.2) is 9.59 Å². The van der Waals surface area contributed by atoms with Crippen LogP contribution in [0.2, 0.25) is 0 Å². The van der Waals surface area contributed by atoms with Crippen molar-refractivity contribution in [2.45, 2.75) is 26.7 Å². The van der Waals surface area contributed by atoms with Crippen LogP contribution in [0.1, 0.15) is 26.7 Å². The predicted octanol–water partition coefficient (Wildman–Crippen LogP) is 3.94. The number of benzene rings is 1. The molecule has 0 radical (unpaired) electrons. The molecule has 0 heterocycles. The molecule has 0 atom stereocenters. The topological polar surface area (TPSA) is 52.6 Å². The molecule has 4 heteroatoms. The summed E-state index contributed by atoms with van der Waals surface area (Å²) >= 11 is 0. The van der Waals surface area contributed by atoms with Crippen LogP contribution in [0.4, 0.5) is 0 Å². The molecule has 0 unspecified atom stereocenters. The van der Waals surface area contributed by atoms with E-state index in [-0.39, 0.29) is 11.9 Å². The average molecular weight is 306 g/mol. The quantitative estimate of drug-likeness (QED) is 0.470. The fourth-order valence-electron chi connectivity index (χ4n) is 0.935. The summed E-state index contributed by atoms with van der Waals surface area (Å²) in [6.07, 6.45) is 3.15. The Labute approximate surface area is 133 Å². The smallest absolute Gasteiger partial charge is 0.332 e. The largest absolute Gasteiger partial charge is 0.466 e. The van der Waals surface area contributed by atoms with Gasteiger partial charge in [-0.2, -0.15) is 0 Å². The summed E-state index contributed by atoms with van der Waals surface area (Å²) in [6, 6.07) is 12.0.